The third kappa shape index (κ3) is 5.37. The van der Waals surface area contributed by atoms with E-state index in [4.69, 9.17) is 4.98 Å². The van der Waals surface area contributed by atoms with Gasteiger partial charge < -0.3 is 0 Å². The zero-order chi connectivity index (χ0) is 14.6. The van der Waals surface area contributed by atoms with Gasteiger partial charge in [0.1, 0.15) is 9.84 Å². The van der Waals surface area contributed by atoms with E-state index < -0.39 is 9.84 Å². The number of aromatic nitrogens is 1. The van der Waals surface area contributed by atoms with Crippen LogP contribution >= 0.6 is 23.1 Å². The molecule has 0 aromatic carbocycles. The highest BCUT2D eigenvalue weighted by Crippen LogP contribution is 2.36. The Kier molecular flexibility index (Phi) is 5.93. The second-order valence-electron chi connectivity index (χ2n) is 5.87. The number of sulfone groups is 1. The van der Waals surface area contributed by atoms with Crippen molar-refractivity contribution in [2.75, 3.05) is 17.8 Å². The molecule has 0 radical (unpaired) electrons. The predicted molar refractivity (Wildman–Crippen MR) is 88.4 cm³/mol. The molecule has 2 rings (SSSR count). The van der Waals surface area contributed by atoms with Gasteiger partial charge in [-0.2, -0.15) is 11.8 Å². The maximum atomic E-state index is 11.2. The minimum absolute atomic E-state index is 0.211. The predicted octanol–water partition coefficient (Wildman–Crippen LogP) is 3.71. The Hall–Kier alpha value is -0.0700. The van der Waals surface area contributed by atoms with Crippen molar-refractivity contribution in [3.8, 4) is 0 Å². The Morgan fingerprint density at radius 1 is 1.45 bits per heavy atom. The maximum absolute atomic E-state index is 11.2. The highest BCUT2D eigenvalue weighted by atomic mass is 32.2. The molecule has 1 atom stereocenters. The van der Waals surface area contributed by atoms with Gasteiger partial charge in [0.15, 0.2) is 0 Å². The fraction of sp³-hybridized carbons (Fsp3) is 0.786. The molecular formula is C14H23NO2S3. The average molecular weight is 334 g/mol. The van der Waals surface area contributed by atoms with Crippen molar-refractivity contribution in [3.05, 3.63) is 16.1 Å². The normalized spacial score (nSPS) is 18.5. The molecule has 3 nitrogen and oxygen atoms in total. The van der Waals surface area contributed by atoms with Crippen LogP contribution in [0.4, 0.5) is 0 Å². The largest absolute Gasteiger partial charge is 0.245 e. The van der Waals surface area contributed by atoms with E-state index in [1.165, 1.54) is 36.9 Å². The fourth-order valence-corrected chi connectivity index (χ4v) is 6.07. The van der Waals surface area contributed by atoms with Gasteiger partial charge in [0.2, 0.25) is 0 Å². The summed E-state index contributed by atoms with van der Waals surface area (Å²) in [5.41, 5.74) is 1.16. The molecule has 1 heterocycles. The summed E-state index contributed by atoms with van der Waals surface area (Å²) in [6.45, 7) is 2.00. The third-order valence-corrected chi connectivity index (χ3v) is 7.05. The Bertz CT molecular complexity index is 518. The molecule has 0 spiro atoms. The van der Waals surface area contributed by atoms with Gasteiger partial charge >= 0.3 is 0 Å². The molecular weight excluding hydrogens is 310 g/mol. The van der Waals surface area contributed by atoms with E-state index in [1.54, 1.807) is 23.1 Å². The topological polar surface area (TPSA) is 47.0 Å². The van der Waals surface area contributed by atoms with Gasteiger partial charge in [0, 0.05) is 23.3 Å². The standard InChI is InChI=1S/C14H23NO2S3/c1-11(10-20(2,16)17)7-18-8-13-9-19-14(15-13)12-5-3-4-6-12/h9,11-12H,3-8,10H2,1-2H3. The number of rotatable bonds is 7. The van der Waals surface area contributed by atoms with E-state index in [0.29, 0.717) is 5.92 Å². The van der Waals surface area contributed by atoms with Crippen LogP contribution in [0.3, 0.4) is 0 Å². The molecule has 1 fully saturated rings. The Morgan fingerprint density at radius 3 is 2.80 bits per heavy atom. The molecule has 1 aromatic heterocycles. The lowest BCUT2D eigenvalue weighted by atomic mass is 10.1. The molecule has 0 N–H and O–H groups in total. The van der Waals surface area contributed by atoms with E-state index in [-0.39, 0.29) is 11.7 Å². The van der Waals surface area contributed by atoms with Crippen molar-refractivity contribution >= 4 is 32.9 Å². The summed E-state index contributed by atoms with van der Waals surface area (Å²) in [4.78, 5) is 4.74. The molecule has 0 saturated heterocycles. The van der Waals surface area contributed by atoms with Crippen LogP contribution in [0.5, 0.6) is 0 Å². The van der Waals surface area contributed by atoms with E-state index in [9.17, 15) is 8.42 Å². The summed E-state index contributed by atoms with van der Waals surface area (Å²) in [5, 5.41) is 3.48. The van der Waals surface area contributed by atoms with Crippen molar-refractivity contribution in [3.63, 3.8) is 0 Å². The first-order chi connectivity index (χ1) is 9.44. The zero-order valence-electron chi connectivity index (χ0n) is 12.2. The number of nitrogens with zero attached hydrogens (tertiary/aromatic N) is 1. The number of thioether (sulfide) groups is 1. The van der Waals surface area contributed by atoms with E-state index in [1.807, 2.05) is 6.92 Å². The molecule has 20 heavy (non-hydrogen) atoms. The zero-order valence-corrected chi connectivity index (χ0v) is 14.6. The molecule has 1 aliphatic carbocycles. The number of hydrogen-bond acceptors (Lipinski definition) is 5. The molecule has 0 aliphatic heterocycles. The smallest absolute Gasteiger partial charge is 0.147 e. The Morgan fingerprint density at radius 2 is 2.15 bits per heavy atom. The van der Waals surface area contributed by atoms with Gasteiger partial charge in [-0.25, -0.2) is 13.4 Å². The molecule has 0 bridgehead atoms. The van der Waals surface area contributed by atoms with Gasteiger partial charge in [-0.3, -0.25) is 0 Å². The van der Waals surface area contributed by atoms with Crippen LogP contribution in [-0.4, -0.2) is 31.2 Å². The van der Waals surface area contributed by atoms with Crippen molar-refractivity contribution < 1.29 is 8.42 Å². The first kappa shape index (κ1) is 16.3. The molecule has 0 amide bonds. The third-order valence-electron chi connectivity index (χ3n) is 3.51. The molecule has 1 aromatic rings. The average Bonchev–Trinajstić information content (AvgIpc) is 2.96. The van der Waals surface area contributed by atoms with Crippen LogP contribution in [0.1, 0.15) is 49.2 Å². The molecule has 1 aliphatic rings. The molecule has 1 unspecified atom stereocenters. The van der Waals surface area contributed by atoms with Crippen LogP contribution in [0.2, 0.25) is 0 Å². The maximum Gasteiger partial charge on any atom is 0.147 e. The van der Waals surface area contributed by atoms with Gasteiger partial charge in [-0.1, -0.05) is 19.8 Å². The lowest BCUT2D eigenvalue weighted by Gasteiger charge is -2.08. The first-order valence-electron chi connectivity index (χ1n) is 7.14. The van der Waals surface area contributed by atoms with Crippen LogP contribution in [0.15, 0.2) is 5.38 Å². The SMILES string of the molecule is CC(CSCc1csc(C2CCCC2)n1)CS(C)(=O)=O. The van der Waals surface area contributed by atoms with Gasteiger partial charge in [-0.05, 0) is 24.5 Å². The summed E-state index contributed by atoms with van der Waals surface area (Å²) < 4.78 is 22.4. The van der Waals surface area contributed by atoms with Gasteiger partial charge in [0.05, 0.1) is 16.5 Å². The van der Waals surface area contributed by atoms with Gasteiger partial charge in [-0.15, -0.1) is 11.3 Å². The van der Waals surface area contributed by atoms with E-state index in [0.717, 1.165) is 17.2 Å². The van der Waals surface area contributed by atoms with E-state index in [2.05, 4.69) is 5.38 Å². The quantitative estimate of drug-likeness (QED) is 0.763. The lowest BCUT2D eigenvalue weighted by molar-refractivity contribution is 0.589. The Balaban J connectivity index is 1.74. The lowest BCUT2D eigenvalue weighted by Crippen LogP contribution is -2.13. The highest BCUT2D eigenvalue weighted by molar-refractivity contribution is 7.98. The number of thiazole rings is 1. The summed E-state index contributed by atoms with van der Waals surface area (Å²) in [6.07, 6.45) is 6.59. The summed E-state index contributed by atoms with van der Waals surface area (Å²) in [5.74, 6) is 2.97. The monoisotopic (exact) mass is 333 g/mol. The van der Waals surface area contributed by atoms with Crippen molar-refractivity contribution in [1.82, 2.24) is 4.98 Å². The minimum Gasteiger partial charge on any atom is -0.245 e. The highest BCUT2D eigenvalue weighted by Gasteiger charge is 2.20. The minimum atomic E-state index is -2.85. The second kappa shape index (κ2) is 7.27. The van der Waals surface area contributed by atoms with Crippen LogP contribution < -0.4 is 0 Å². The van der Waals surface area contributed by atoms with Gasteiger partial charge in [0.25, 0.3) is 0 Å². The molecule has 1 saturated carbocycles. The summed E-state index contributed by atoms with van der Waals surface area (Å²) >= 11 is 3.59. The molecule has 114 valence electrons. The fourth-order valence-electron chi connectivity index (χ4n) is 2.68. The van der Waals surface area contributed by atoms with Crippen molar-refractivity contribution in [2.24, 2.45) is 5.92 Å². The first-order valence-corrected chi connectivity index (χ1v) is 11.2. The van der Waals surface area contributed by atoms with Crippen LogP contribution in [0.25, 0.3) is 0 Å². The van der Waals surface area contributed by atoms with E-state index >= 15 is 0 Å². The van der Waals surface area contributed by atoms with Crippen LogP contribution in [-0.2, 0) is 15.6 Å². The summed E-state index contributed by atoms with van der Waals surface area (Å²) in [7, 11) is -2.85. The van der Waals surface area contributed by atoms with Crippen LogP contribution in [0, 0.1) is 5.92 Å². The summed E-state index contributed by atoms with van der Waals surface area (Å²) in [6, 6.07) is 0. The Labute approximate surface area is 130 Å². The molecule has 6 heteroatoms. The van der Waals surface area contributed by atoms with Crippen molar-refractivity contribution in [1.29, 1.82) is 0 Å². The van der Waals surface area contributed by atoms with Crippen molar-refractivity contribution in [2.45, 2.75) is 44.3 Å². The second-order valence-corrected chi connectivity index (χ2v) is 9.98. The number of hydrogen-bond donors (Lipinski definition) is 0.